The number of hydrogen-bond donors (Lipinski definition) is 1. The van der Waals surface area contributed by atoms with E-state index in [2.05, 4.69) is 26.3 Å². The largest absolute Gasteiger partial charge is 0.366 e. The molecule has 1 saturated heterocycles. The topological polar surface area (TPSA) is 85.2 Å². The highest BCUT2D eigenvalue weighted by molar-refractivity contribution is 5.90. The van der Waals surface area contributed by atoms with E-state index in [0.717, 1.165) is 16.6 Å². The number of rotatable bonds is 2. The van der Waals surface area contributed by atoms with E-state index < -0.39 is 0 Å². The number of anilines is 2. The Labute approximate surface area is 156 Å². The number of urea groups is 1. The summed E-state index contributed by atoms with van der Waals surface area (Å²) < 4.78 is 0. The van der Waals surface area contributed by atoms with E-state index in [1.54, 1.807) is 23.4 Å². The van der Waals surface area contributed by atoms with Crippen molar-refractivity contribution in [1.29, 1.82) is 5.26 Å². The zero-order valence-electron chi connectivity index (χ0n) is 14.7. The second-order valence-electron chi connectivity index (χ2n) is 6.30. The van der Waals surface area contributed by atoms with Gasteiger partial charge in [-0.15, -0.1) is 0 Å². The maximum atomic E-state index is 12.6. The highest BCUT2D eigenvalue weighted by Crippen LogP contribution is 2.20. The first-order chi connectivity index (χ1) is 13.2. The van der Waals surface area contributed by atoms with Crippen LogP contribution >= 0.6 is 0 Å². The summed E-state index contributed by atoms with van der Waals surface area (Å²) in [5.74, 6) is 0.542. The molecule has 1 fully saturated rings. The van der Waals surface area contributed by atoms with Gasteiger partial charge in [0, 0.05) is 37.8 Å². The fourth-order valence-corrected chi connectivity index (χ4v) is 3.21. The van der Waals surface area contributed by atoms with Crippen LogP contribution in [0.5, 0.6) is 0 Å². The van der Waals surface area contributed by atoms with Crippen molar-refractivity contribution < 1.29 is 4.79 Å². The van der Waals surface area contributed by atoms with Crippen molar-refractivity contribution in [3.63, 3.8) is 0 Å². The molecular formula is C20H18N6O. The van der Waals surface area contributed by atoms with Crippen molar-refractivity contribution in [3.05, 3.63) is 60.4 Å². The van der Waals surface area contributed by atoms with Gasteiger partial charge in [-0.25, -0.2) is 9.78 Å². The van der Waals surface area contributed by atoms with E-state index in [1.807, 2.05) is 36.4 Å². The summed E-state index contributed by atoms with van der Waals surface area (Å²) in [4.78, 5) is 25.0. The van der Waals surface area contributed by atoms with Gasteiger partial charge >= 0.3 is 6.03 Å². The summed E-state index contributed by atoms with van der Waals surface area (Å²) in [7, 11) is 0. The minimum absolute atomic E-state index is 0.163. The molecule has 0 saturated carbocycles. The van der Waals surface area contributed by atoms with Crippen molar-refractivity contribution >= 4 is 28.4 Å². The number of aromatic nitrogens is 2. The standard InChI is InChI=1S/C20H18N6O/c21-13-16-7-8-22-14-18(16)25-9-11-26(12-10-25)20(27)24-19-6-5-15-3-1-2-4-17(15)23-19/h1-8,14H,9-12H2,(H,23,24,27). The molecular weight excluding hydrogens is 340 g/mol. The molecule has 0 radical (unpaired) electrons. The SMILES string of the molecule is N#Cc1ccncc1N1CCN(C(=O)Nc2ccc3ccccc3n2)CC1. The fraction of sp³-hybridized carbons (Fsp3) is 0.200. The lowest BCUT2D eigenvalue weighted by Gasteiger charge is -2.36. The number of amides is 2. The molecule has 134 valence electrons. The first kappa shape index (κ1) is 16.8. The van der Waals surface area contributed by atoms with Crippen molar-refractivity contribution in [2.45, 2.75) is 0 Å². The average molecular weight is 358 g/mol. The van der Waals surface area contributed by atoms with Crippen LogP contribution in [0.3, 0.4) is 0 Å². The first-order valence-electron chi connectivity index (χ1n) is 8.75. The number of carbonyl (C=O) groups is 1. The summed E-state index contributed by atoms with van der Waals surface area (Å²) in [6.45, 7) is 2.44. The number of pyridine rings is 2. The molecule has 1 N–H and O–H groups in total. The van der Waals surface area contributed by atoms with Gasteiger partial charge in [-0.2, -0.15) is 5.26 Å². The van der Waals surface area contributed by atoms with Gasteiger partial charge in [0.2, 0.25) is 0 Å². The molecule has 0 spiro atoms. The fourth-order valence-electron chi connectivity index (χ4n) is 3.21. The van der Waals surface area contributed by atoms with Gasteiger partial charge in [-0.1, -0.05) is 18.2 Å². The molecule has 0 aliphatic carbocycles. The number of nitriles is 1. The van der Waals surface area contributed by atoms with Crippen molar-refractivity contribution in [2.24, 2.45) is 0 Å². The number of nitrogens with zero attached hydrogens (tertiary/aromatic N) is 5. The summed E-state index contributed by atoms with van der Waals surface area (Å²) in [5, 5.41) is 13.2. The van der Waals surface area contributed by atoms with E-state index in [1.165, 1.54) is 0 Å². The molecule has 0 atom stereocenters. The molecule has 3 aromatic rings. The molecule has 4 rings (SSSR count). The zero-order chi connectivity index (χ0) is 18.6. The number of benzene rings is 1. The summed E-state index contributed by atoms with van der Waals surface area (Å²) >= 11 is 0. The second-order valence-corrected chi connectivity index (χ2v) is 6.30. The van der Waals surface area contributed by atoms with Gasteiger partial charge in [-0.3, -0.25) is 10.3 Å². The highest BCUT2D eigenvalue weighted by atomic mass is 16.2. The summed E-state index contributed by atoms with van der Waals surface area (Å²) in [5.41, 5.74) is 2.26. The lowest BCUT2D eigenvalue weighted by molar-refractivity contribution is 0.208. The average Bonchev–Trinajstić information content (AvgIpc) is 2.73. The Kier molecular flexibility index (Phi) is 4.54. The Morgan fingerprint density at radius 2 is 1.89 bits per heavy atom. The number of para-hydroxylation sites is 1. The van der Waals surface area contributed by atoms with E-state index in [-0.39, 0.29) is 6.03 Å². The molecule has 1 aliphatic heterocycles. The van der Waals surface area contributed by atoms with Gasteiger partial charge in [0.05, 0.1) is 23.0 Å². The van der Waals surface area contributed by atoms with Gasteiger partial charge < -0.3 is 9.80 Å². The van der Waals surface area contributed by atoms with Crippen LogP contribution in [-0.2, 0) is 0 Å². The molecule has 0 bridgehead atoms. The molecule has 2 amide bonds. The second kappa shape index (κ2) is 7.30. The van der Waals surface area contributed by atoms with Crippen molar-refractivity contribution in [1.82, 2.24) is 14.9 Å². The predicted octanol–water partition coefficient (Wildman–Crippen LogP) is 2.86. The van der Waals surface area contributed by atoms with Crippen molar-refractivity contribution in [3.8, 4) is 6.07 Å². The maximum Gasteiger partial charge on any atom is 0.323 e. The Hall–Kier alpha value is -3.66. The third-order valence-corrected chi connectivity index (χ3v) is 4.66. The quantitative estimate of drug-likeness (QED) is 0.761. The molecule has 0 unspecified atom stereocenters. The zero-order valence-corrected chi connectivity index (χ0v) is 14.7. The lowest BCUT2D eigenvalue weighted by Crippen LogP contribution is -2.50. The summed E-state index contributed by atoms with van der Waals surface area (Å²) in [6.07, 6.45) is 3.32. The Morgan fingerprint density at radius 3 is 2.70 bits per heavy atom. The Bertz CT molecular complexity index is 1020. The number of hydrogen-bond acceptors (Lipinski definition) is 5. The van der Waals surface area contributed by atoms with Crippen LogP contribution in [0.25, 0.3) is 10.9 Å². The molecule has 27 heavy (non-hydrogen) atoms. The third-order valence-electron chi connectivity index (χ3n) is 4.66. The number of piperazine rings is 1. The van der Waals surface area contributed by atoms with Crippen LogP contribution in [0.1, 0.15) is 5.56 Å². The molecule has 2 aromatic heterocycles. The van der Waals surface area contributed by atoms with E-state index >= 15 is 0 Å². The Balaban J connectivity index is 1.40. The van der Waals surface area contributed by atoms with E-state index in [9.17, 15) is 10.1 Å². The van der Waals surface area contributed by atoms with Crippen LogP contribution in [0.15, 0.2) is 54.9 Å². The van der Waals surface area contributed by atoms with Crippen LogP contribution in [0.2, 0.25) is 0 Å². The first-order valence-corrected chi connectivity index (χ1v) is 8.75. The maximum absolute atomic E-state index is 12.6. The van der Waals surface area contributed by atoms with Crippen LogP contribution < -0.4 is 10.2 Å². The molecule has 7 nitrogen and oxygen atoms in total. The number of carbonyl (C=O) groups excluding carboxylic acids is 1. The summed E-state index contributed by atoms with van der Waals surface area (Å²) in [6, 6.07) is 15.3. The minimum Gasteiger partial charge on any atom is -0.366 e. The third kappa shape index (κ3) is 3.51. The molecule has 3 heterocycles. The minimum atomic E-state index is -0.163. The van der Waals surface area contributed by atoms with Gasteiger partial charge in [0.1, 0.15) is 11.9 Å². The van der Waals surface area contributed by atoms with Gasteiger partial charge in [-0.05, 0) is 24.3 Å². The number of nitrogens with one attached hydrogen (secondary N) is 1. The van der Waals surface area contributed by atoms with E-state index in [4.69, 9.17) is 0 Å². The molecule has 1 aromatic carbocycles. The van der Waals surface area contributed by atoms with Gasteiger partial charge in [0.25, 0.3) is 0 Å². The molecule has 1 aliphatic rings. The van der Waals surface area contributed by atoms with Gasteiger partial charge in [0.15, 0.2) is 0 Å². The Morgan fingerprint density at radius 1 is 1.07 bits per heavy atom. The van der Waals surface area contributed by atoms with Crippen LogP contribution in [0.4, 0.5) is 16.3 Å². The van der Waals surface area contributed by atoms with Crippen LogP contribution in [0, 0.1) is 11.3 Å². The number of fused-ring (bicyclic) bond motifs is 1. The highest BCUT2D eigenvalue weighted by Gasteiger charge is 2.23. The van der Waals surface area contributed by atoms with E-state index in [0.29, 0.717) is 37.6 Å². The normalized spacial score (nSPS) is 14.0. The van der Waals surface area contributed by atoms with Crippen LogP contribution in [-0.4, -0.2) is 47.1 Å². The van der Waals surface area contributed by atoms with Crippen molar-refractivity contribution in [2.75, 3.05) is 36.4 Å². The smallest absolute Gasteiger partial charge is 0.323 e. The lowest BCUT2D eigenvalue weighted by atomic mass is 10.2. The molecule has 7 heteroatoms. The predicted molar refractivity (Wildman–Crippen MR) is 103 cm³/mol. The monoisotopic (exact) mass is 358 g/mol.